The summed E-state index contributed by atoms with van der Waals surface area (Å²) in [7, 11) is 0. The average Bonchev–Trinajstić information content (AvgIpc) is 2.43. The van der Waals surface area contributed by atoms with Crippen LogP contribution in [-0.4, -0.2) is 36.9 Å². The summed E-state index contributed by atoms with van der Waals surface area (Å²) in [6, 6.07) is 7.35. The zero-order valence-electron chi connectivity index (χ0n) is 12.5. The molecule has 1 unspecified atom stereocenters. The van der Waals surface area contributed by atoms with Gasteiger partial charge in [-0.15, -0.1) is 0 Å². The van der Waals surface area contributed by atoms with Gasteiger partial charge in [-0.25, -0.2) is 0 Å². The Kier molecular flexibility index (Phi) is 6.57. The monoisotopic (exact) mass is 263 g/mol. The van der Waals surface area contributed by atoms with Crippen LogP contribution in [0.4, 0.5) is 0 Å². The van der Waals surface area contributed by atoms with Gasteiger partial charge < -0.3 is 9.64 Å². The van der Waals surface area contributed by atoms with Gasteiger partial charge in [-0.05, 0) is 44.3 Å². The highest BCUT2D eigenvalue weighted by Gasteiger charge is 2.08. The van der Waals surface area contributed by atoms with E-state index in [4.69, 9.17) is 4.74 Å². The van der Waals surface area contributed by atoms with Gasteiger partial charge in [0.25, 0.3) is 0 Å². The molecule has 0 fully saturated rings. The molecule has 1 aromatic rings. The molecule has 1 aromatic carbocycles. The third kappa shape index (κ3) is 5.43. The molecule has 0 aliphatic rings. The van der Waals surface area contributed by atoms with Crippen molar-refractivity contribution in [3.8, 4) is 5.75 Å². The molecule has 0 radical (unpaired) electrons. The second kappa shape index (κ2) is 7.95. The van der Waals surface area contributed by atoms with E-state index in [-0.39, 0.29) is 5.78 Å². The largest absolute Gasteiger partial charge is 0.493 e. The maximum Gasteiger partial charge on any atom is 0.159 e. The Balaban J connectivity index is 2.41. The Bertz CT molecular complexity index is 382. The van der Waals surface area contributed by atoms with Crippen molar-refractivity contribution in [1.82, 2.24) is 4.90 Å². The average molecular weight is 263 g/mol. The van der Waals surface area contributed by atoms with Gasteiger partial charge in [0, 0.05) is 18.0 Å². The molecule has 0 saturated carbocycles. The summed E-state index contributed by atoms with van der Waals surface area (Å²) < 4.78 is 5.75. The Morgan fingerprint density at radius 1 is 1.21 bits per heavy atom. The van der Waals surface area contributed by atoms with Crippen molar-refractivity contribution in [3.05, 3.63) is 29.8 Å². The van der Waals surface area contributed by atoms with Crippen LogP contribution in [0.1, 0.15) is 38.1 Å². The zero-order valence-corrected chi connectivity index (χ0v) is 12.5. The second-order valence-electron chi connectivity index (χ2n) is 4.98. The van der Waals surface area contributed by atoms with Crippen molar-refractivity contribution in [1.29, 1.82) is 0 Å². The quantitative estimate of drug-likeness (QED) is 0.674. The first-order chi connectivity index (χ1) is 9.06. The lowest BCUT2D eigenvalue weighted by Gasteiger charge is -2.22. The Morgan fingerprint density at radius 2 is 1.79 bits per heavy atom. The van der Waals surface area contributed by atoms with Gasteiger partial charge in [-0.3, -0.25) is 4.79 Å². The summed E-state index contributed by atoms with van der Waals surface area (Å²) >= 11 is 0. The smallest absolute Gasteiger partial charge is 0.159 e. The number of carbonyl (C=O) groups is 1. The fraction of sp³-hybridized carbons (Fsp3) is 0.562. The first-order valence-corrected chi connectivity index (χ1v) is 7.03. The molecule has 106 valence electrons. The molecule has 3 heteroatoms. The van der Waals surface area contributed by atoms with E-state index in [1.807, 2.05) is 24.3 Å². The van der Waals surface area contributed by atoms with Crippen molar-refractivity contribution >= 4 is 5.78 Å². The zero-order chi connectivity index (χ0) is 14.3. The number of rotatable bonds is 8. The van der Waals surface area contributed by atoms with Crippen LogP contribution >= 0.6 is 0 Å². The highest BCUT2D eigenvalue weighted by molar-refractivity contribution is 5.94. The highest BCUT2D eigenvalue weighted by Crippen LogP contribution is 2.14. The molecule has 0 N–H and O–H groups in total. The van der Waals surface area contributed by atoms with Gasteiger partial charge in [0.05, 0.1) is 6.61 Å². The number of hydrogen-bond acceptors (Lipinski definition) is 3. The minimum Gasteiger partial charge on any atom is -0.493 e. The van der Waals surface area contributed by atoms with Crippen molar-refractivity contribution in [2.45, 2.75) is 27.7 Å². The fourth-order valence-electron chi connectivity index (χ4n) is 2.00. The predicted octanol–water partition coefficient (Wildman–Crippen LogP) is 3.25. The second-order valence-corrected chi connectivity index (χ2v) is 4.98. The number of carbonyl (C=O) groups excluding carboxylic acids is 1. The predicted molar refractivity (Wildman–Crippen MR) is 78.9 cm³/mol. The Hall–Kier alpha value is -1.35. The van der Waals surface area contributed by atoms with Gasteiger partial charge in [-0.2, -0.15) is 0 Å². The Morgan fingerprint density at radius 3 is 2.26 bits per heavy atom. The number of Topliss-reactive ketones (excluding diaryl/α,β-unsaturated/α-hetero) is 1. The molecular formula is C16H25NO2. The van der Waals surface area contributed by atoms with E-state index in [0.717, 1.165) is 30.9 Å². The lowest BCUT2D eigenvalue weighted by Crippen LogP contribution is -2.30. The molecule has 1 atom stereocenters. The molecule has 0 spiro atoms. The van der Waals surface area contributed by atoms with E-state index in [2.05, 4.69) is 25.7 Å². The molecule has 0 aliphatic heterocycles. The van der Waals surface area contributed by atoms with Gasteiger partial charge in [-0.1, -0.05) is 20.8 Å². The molecule has 0 saturated heterocycles. The number of nitrogens with zero attached hydrogens (tertiary/aromatic N) is 1. The summed E-state index contributed by atoms with van der Waals surface area (Å²) in [5.41, 5.74) is 0.725. The molecular weight excluding hydrogens is 238 g/mol. The molecule has 19 heavy (non-hydrogen) atoms. The Labute approximate surface area is 116 Å². The normalized spacial score (nSPS) is 12.5. The summed E-state index contributed by atoms with van der Waals surface area (Å²) in [6.45, 7) is 12.0. The number of hydrogen-bond donors (Lipinski definition) is 0. The van der Waals surface area contributed by atoms with Gasteiger partial charge in [0.2, 0.25) is 0 Å². The molecule has 0 heterocycles. The maximum atomic E-state index is 11.2. The van der Waals surface area contributed by atoms with Crippen LogP contribution in [-0.2, 0) is 0 Å². The minimum atomic E-state index is 0.0847. The molecule has 0 bridgehead atoms. The number of ketones is 1. The minimum absolute atomic E-state index is 0.0847. The van der Waals surface area contributed by atoms with Crippen molar-refractivity contribution < 1.29 is 9.53 Å². The van der Waals surface area contributed by atoms with E-state index in [1.165, 1.54) is 0 Å². The lowest BCUT2D eigenvalue weighted by molar-refractivity contribution is 0.101. The van der Waals surface area contributed by atoms with Gasteiger partial charge in [0.1, 0.15) is 5.75 Å². The number of benzene rings is 1. The molecule has 0 aliphatic carbocycles. The summed E-state index contributed by atoms with van der Waals surface area (Å²) in [6.07, 6.45) is 0. The lowest BCUT2D eigenvalue weighted by atomic mass is 10.1. The van der Waals surface area contributed by atoms with Gasteiger partial charge in [0.15, 0.2) is 5.78 Å². The molecule has 1 rings (SSSR count). The number of ether oxygens (including phenoxy) is 1. The van der Waals surface area contributed by atoms with Gasteiger partial charge >= 0.3 is 0 Å². The van der Waals surface area contributed by atoms with Crippen molar-refractivity contribution in [2.24, 2.45) is 5.92 Å². The fourth-order valence-corrected chi connectivity index (χ4v) is 2.00. The third-order valence-electron chi connectivity index (χ3n) is 3.26. The molecule has 3 nitrogen and oxygen atoms in total. The highest BCUT2D eigenvalue weighted by atomic mass is 16.5. The van der Waals surface area contributed by atoms with E-state index in [1.54, 1.807) is 6.92 Å². The summed E-state index contributed by atoms with van der Waals surface area (Å²) in [5, 5.41) is 0. The van der Waals surface area contributed by atoms with Crippen molar-refractivity contribution in [3.63, 3.8) is 0 Å². The first kappa shape index (κ1) is 15.7. The van der Waals surface area contributed by atoms with Crippen LogP contribution in [0.2, 0.25) is 0 Å². The van der Waals surface area contributed by atoms with Crippen LogP contribution in [0, 0.1) is 5.92 Å². The summed E-state index contributed by atoms with van der Waals surface area (Å²) in [5.74, 6) is 1.41. The summed E-state index contributed by atoms with van der Waals surface area (Å²) in [4.78, 5) is 13.6. The van der Waals surface area contributed by atoms with Crippen LogP contribution in [0.5, 0.6) is 5.75 Å². The first-order valence-electron chi connectivity index (χ1n) is 7.03. The SMILES string of the molecule is CCN(CC)CC(C)COc1ccc(C(C)=O)cc1. The van der Waals surface area contributed by atoms with Crippen LogP contribution in [0.3, 0.4) is 0 Å². The van der Waals surface area contributed by atoms with E-state index < -0.39 is 0 Å². The maximum absolute atomic E-state index is 11.2. The topological polar surface area (TPSA) is 29.5 Å². The van der Waals surface area contributed by atoms with E-state index in [0.29, 0.717) is 12.5 Å². The third-order valence-corrected chi connectivity index (χ3v) is 3.26. The van der Waals surface area contributed by atoms with E-state index >= 15 is 0 Å². The molecule has 0 amide bonds. The van der Waals surface area contributed by atoms with Crippen molar-refractivity contribution in [2.75, 3.05) is 26.2 Å². The van der Waals surface area contributed by atoms with E-state index in [9.17, 15) is 4.79 Å². The van der Waals surface area contributed by atoms with Crippen LogP contribution in [0.15, 0.2) is 24.3 Å². The molecule has 0 aromatic heterocycles. The van der Waals surface area contributed by atoms with Crippen LogP contribution < -0.4 is 4.74 Å². The standard InChI is InChI=1S/C16H25NO2/c1-5-17(6-2)11-13(3)12-19-16-9-7-15(8-10-16)14(4)18/h7-10,13H,5-6,11-12H2,1-4H3. The van der Waals surface area contributed by atoms with Crippen LogP contribution in [0.25, 0.3) is 0 Å².